The fourth-order valence-electron chi connectivity index (χ4n) is 4.24. The molecule has 2 aromatic heterocycles. The highest BCUT2D eigenvalue weighted by Gasteiger charge is 2.21. The number of amides is 1. The Labute approximate surface area is 197 Å². The number of benzene rings is 2. The number of aromatic amines is 1. The van der Waals surface area contributed by atoms with Gasteiger partial charge in [0.2, 0.25) is 0 Å². The van der Waals surface area contributed by atoms with Gasteiger partial charge in [0.1, 0.15) is 24.0 Å². The van der Waals surface area contributed by atoms with Gasteiger partial charge in [0.25, 0.3) is 0 Å². The maximum absolute atomic E-state index is 10.7. The second kappa shape index (κ2) is 9.82. The fraction of sp³-hybridized carbons (Fsp3) is 0.269. The number of carboxylic acid groups (broad SMARTS) is 1. The van der Waals surface area contributed by atoms with Crippen molar-refractivity contribution in [1.29, 1.82) is 0 Å². The van der Waals surface area contributed by atoms with Crippen LogP contribution in [0.3, 0.4) is 0 Å². The Morgan fingerprint density at radius 1 is 1.03 bits per heavy atom. The average Bonchev–Trinajstić information content (AvgIpc) is 3.31. The highest BCUT2D eigenvalue weighted by Crippen LogP contribution is 2.26. The molecular formula is C26H27N5O3. The van der Waals surface area contributed by atoms with Crippen molar-refractivity contribution in [3.63, 3.8) is 0 Å². The number of nitrogens with zero attached hydrogens (tertiary/aromatic N) is 3. The minimum Gasteiger partial charge on any atom is -0.489 e. The molecule has 8 nitrogen and oxygen atoms in total. The summed E-state index contributed by atoms with van der Waals surface area (Å²) in [6.45, 7) is 2.75. The van der Waals surface area contributed by atoms with Gasteiger partial charge < -0.3 is 25.0 Å². The molecule has 0 bridgehead atoms. The van der Waals surface area contributed by atoms with E-state index in [1.807, 2.05) is 66.7 Å². The summed E-state index contributed by atoms with van der Waals surface area (Å²) < 4.78 is 5.88. The number of hydrogen-bond acceptors (Lipinski definition) is 5. The molecule has 1 amide bonds. The van der Waals surface area contributed by atoms with E-state index in [0.29, 0.717) is 24.7 Å². The summed E-state index contributed by atoms with van der Waals surface area (Å²) in [7, 11) is 0. The molecule has 3 N–H and O–H groups in total. The minimum atomic E-state index is -0.960. The molecule has 1 aliphatic rings. The third kappa shape index (κ3) is 5.11. The zero-order valence-electron chi connectivity index (χ0n) is 18.8. The lowest BCUT2D eigenvalue weighted by atomic mass is 9.97. The molecule has 1 fully saturated rings. The van der Waals surface area contributed by atoms with Crippen molar-refractivity contribution >= 4 is 23.1 Å². The Balaban J connectivity index is 1.23. The Kier molecular flexibility index (Phi) is 6.29. The number of fused-ring (bicyclic) bond motifs is 1. The van der Waals surface area contributed by atoms with Crippen molar-refractivity contribution < 1.29 is 14.6 Å². The lowest BCUT2D eigenvalue weighted by molar-refractivity contribution is 0.191. The minimum absolute atomic E-state index is 0.368. The molecule has 34 heavy (non-hydrogen) atoms. The van der Waals surface area contributed by atoms with Gasteiger partial charge in [-0.1, -0.05) is 30.3 Å². The Hall–Kier alpha value is -4.07. The molecule has 0 saturated carbocycles. The summed E-state index contributed by atoms with van der Waals surface area (Å²) in [6, 6.07) is 22.0. The molecule has 4 aromatic rings. The number of hydrogen-bond donors (Lipinski definition) is 3. The Morgan fingerprint density at radius 3 is 2.53 bits per heavy atom. The van der Waals surface area contributed by atoms with E-state index < -0.39 is 6.09 Å². The van der Waals surface area contributed by atoms with E-state index in [2.05, 4.69) is 15.2 Å². The third-order valence-corrected chi connectivity index (χ3v) is 6.19. The van der Waals surface area contributed by atoms with Crippen molar-refractivity contribution in [1.82, 2.24) is 20.3 Å². The molecule has 0 radical (unpaired) electrons. The second-order valence-electron chi connectivity index (χ2n) is 8.54. The Bertz CT molecular complexity index is 1250. The first-order valence-electron chi connectivity index (χ1n) is 11.5. The van der Waals surface area contributed by atoms with Crippen molar-refractivity contribution in [3.05, 3.63) is 72.3 Å². The third-order valence-electron chi connectivity index (χ3n) is 6.19. The van der Waals surface area contributed by atoms with Gasteiger partial charge >= 0.3 is 6.09 Å². The summed E-state index contributed by atoms with van der Waals surface area (Å²) in [5.74, 6) is 2.85. The average molecular weight is 458 g/mol. The quantitative estimate of drug-likeness (QED) is 0.372. The van der Waals surface area contributed by atoms with Crippen molar-refractivity contribution in [2.45, 2.75) is 19.4 Å². The normalized spacial score (nSPS) is 14.3. The van der Waals surface area contributed by atoms with Crippen LogP contribution in [0.25, 0.3) is 22.6 Å². The molecule has 8 heteroatoms. The molecule has 1 aliphatic heterocycles. The number of rotatable bonds is 7. The SMILES string of the molecule is O=C(O)NCC1CCN(c2ccc3[nH]c(-c4ccc(OCc5ccccc5)cc4)nc3n2)CC1. The first kappa shape index (κ1) is 21.8. The van der Waals surface area contributed by atoms with E-state index in [-0.39, 0.29) is 0 Å². The van der Waals surface area contributed by atoms with E-state index in [0.717, 1.165) is 60.0 Å². The van der Waals surface area contributed by atoms with Gasteiger partial charge in [-0.2, -0.15) is 0 Å². The summed E-state index contributed by atoms with van der Waals surface area (Å²) in [4.78, 5) is 25.8. The molecule has 2 aromatic carbocycles. The van der Waals surface area contributed by atoms with E-state index >= 15 is 0 Å². The second-order valence-corrected chi connectivity index (χ2v) is 8.54. The number of pyridine rings is 1. The van der Waals surface area contributed by atoms with Gasteiger partial charge in [-0.25, -0.2) is 14.8 Å². The zero-order chi connectivity index (χ0) is 23.3. The molecule has 0 atom stereocenters. The maximum atomic E-state index is 10.7. The number of aromatic nitrogens is 3. The zero-order valence-corrected chi connectivity index (χ0v) is 18.8. The fourth-order valence-corrected chi connectivity index (χ4v) is 4.24. The van der Waals surface area contributed by atoms with Crippen LogP contribution < -0.4 is 15.0 Å². The number of imidazole rings is 1. The summed E-state index contributed by atoms with van der Waals surface area (Å²) >= 11 is 0. The number of H-pyrrole nitrogens is 1. The first-order chi connectivity index (χ1) is 16.6. The van der Waals surface area contributed by atoms with E-state index in [1.165, 1.54) is 0 Å². The van der Waals surface area contributed by atoms with Crippen LogP contribution in [0.5, 0.6) is 5.75 Å². The van der Waals surface area contributed by atoms with Gasteiger partial charge in [-0.3, -0.25) is 0 Å². The lowest BCUT2D eigenvalue weighted by Crippen LogP contribution is -2.38. The molecule has 1 saturated heterocycles. The van der Waals surface area contributed by atoms with Crippen LogP contribution in [-0.4, -0.2) is 45.8 Å². The summed E-state index contributed by atoms with van der Waals surface area (Å²) in [5.41, 5.74) is 3.68. The lowest BCUT2D eigenvalue weighted by Gasteiger charge is -2.32. The topological polar surface area (TPSA) is 103 Å². The predicted octanol–water partition coefficient (Wildman–Crippen LogP) is 4.69. The first-order valence-corrected chi connectivity index (χ1v) is 11.5. The summed E-state index contributed by atoms with van der Waals surface area (Å²) in [6.07, 6.45) is 0.910. The van der Waals surface area contributed by atoms with Crippen LogP contribution in [0.2, 0.25) is 0 Å². The van der Waals surface area contributed by atoms with Crippen LogP contribution in [0, 0.1) is 5.92 Å². The number of anilines is 1. The number of ether oxygens (including phenoxy) is 1. The predicted molar refractivity (Wildman–Crippen MR) is 131 cm³/mol. The van der Waals surface area contributed by atoms with Crippen LogP contribution in [0.15, 0.2) is 66.7 Å². The monoisotopic (exact) mass is 457 g/mol. The van der Waals surface area contributed by atoms with Crippen LogP contribution >= 0.6 is 0 Å². The molecule has 174 valence electrons. The number of carbonyl (C=O) groups is 1. The number of piperidine rings is 1. The smallest absolute Gasteiger partial charge is 0.404 e. The molecule has 3 heterocycles. The largest absolute Gasteiger partial charge is 0.489 e. The van der Waals surface area contributed by atoms with E-state index in [4.69, 9.17) is 19.8 Å². The van der Waals surface area contributed by atoms with Crippen LogP contribution in [0.4, 0.5) is 10.6 Å². The van der Waals surface area contributed by atoms with Gasteiger partial charge in [0.15, 0.2) is 5.65 Å². The molecular weight excluding hydrogens is 430 g/mol. The van der Waals surface area contributed by atoms with Crippen molar-refractivity contribution in [2.24, 2.45) is 5.92 Å². The van der Waals surface area contributed by atoms with Crippen LogP contribution in [-0.2, 0) is 6.61 Å². The van der Waals surface area contributed by atoms with Gasteiger partial charge in [-0.05, 0) is 60.7 Å². The van der Waals surface area contributed by atoms with Crippen molar-refractivity contribution in [2.75, 3.05) is 24.5 Å². The van der Waals surface area contributed by atoms with Crippen molar-refractivity contribution in [3.8, 4) is 17.1 Å². The molecule has 0 unspecified atom stereocenters. The Morgan fingerprint density at radius 2 is 1.79 bits per heavy atom. The molecule has 0 spiro atoms. The van der Waals surface area contributed by atoms with Gasteiger partial charge in [0, 0.05) is 25.2 Å². The standard InChI is InChI=1S/C26H27N5O3/c32-26(33)27-16-18-12-14-31(15-13-18)23-11-10-22-25(29-23)30-24(28-22)20-6-8-21(9-7-20)34-17-19-4-2-1-3-5-19/h1-11,18,27H,12-17H2,(H,32,33)(H,28,29,30). The highest BCUT2D eigenvalue weighted by molar-refractivity contribution is 5.77. The summed E-state index contributed by atoms with van der Waals surface area (Å²) in [5, 5.41) is 11.3. The highest BCUT2D eigenvalue weighted by atomic mass is 16.5. The van der Waals surface area contributed by atoms with Gasteiger partial charge in [0.05, 0.1) is 5.52 Å². The van der Waals surface area contributed by atoms with E-state index in [1.54, 1.807) is 0 Å². The molecule has 5 rings (SSSR count). The van der Waals surface area contributed by atoms with Gasteiger partial charge in [-0.15, -0.1) is 0 Å². The van der Waals surface area contributed by atoms with E-state index in [9.17, 15) is 4.79 Å². The molecule has 0 aliphatic carbocycles. The number of nitrogens with one attached hydrogen (secondary N) is 2. The van der Waals surface area contributed by atoms with Crippen LogP contribution in [0.1, 0.15) is 18.4 Å². The maximum Gasteiger partial charge on any atom is 0.404 e.